The minimum absolute atomic E-state index is 0.0291. The predicted octanol–water partition coefficient (Wildman–Crippen LogP) is 0.374. The fourth-order valence-electron chi connectivity index (χ4n) is 1.77. The summed E-state index contributed by atoms with van der Waals surface area (Å²) in [7, 11) is -7.20. The highest BCUT2D eigenvalue weighted by molar-refractivity contribution is 7.89. The first-order valence-electron chi connectivity index (χ1n) is 6.12. The average Bonchev–Trinajstić information content (AvgIpc) is 2.85. The van der Waals surface area contributed by atoms with Crippen LogP contribution in [0.15, 0.2) is 34.2 Å². The Bertz CT molecular complexity index is 751. The molecule has 1 aromatic rings. The van der Waals surface area contributed by atoms with Crippen molar-refractivity contribution < 1.29 is 21.0 Å². The molecule has 0 radical (unpaired) electrons. The molecule has 0 unspecified atom stereocenters. The summed E-state index contributed by atoms with van der Waals surface area (Å²) >= 11 is 0. The summed E-state index contributed by atoms with van der Waals surface area (Å²) in [5.74, 6) is 0. The lowest BCUT2D eigenvalue weighted by Crippen LogP contribution is -2.31. The first-order chi connectivity index (χ1) is 9.68. The Hall–Kier alpha value is -1.29. The van der Waals surface area contributed by atoms with Crippen molar-refractivity contribution in [2.75, 3.05) is 26.1 Å². The molecule has 0 amide bonds. The van der Waals surface area contributed by atoms with E-state index < -0.39 is 20.1 Å². The van der Waals surface area contributed by atoms with E-state index in [0.29, 0.717) is 5.71 Å². The van der Waals surface area contributed by atoms with Gasteiger partial charge in [0.2, 0.25) is 10.0 Å². The summed E-state index contributed by atoms with van der Waals surface area (Å²) in [5.41, 5.74) is 1.35. The fourth-order valence-corrected chi connectivity index (χ4v) is 3.43. The maximum atomic E-state index is 12.4. The molecule has 0 saturated heterocycles. The van der Waals surface area contributed by atoms with Crippen molar-refractivity contribution in [1.29, 1.82) is 0 Å². The van der Waals surface area contributed by atoms with Gasteiger partial charge in [-0.3, -0.25) is 9.18 Å². The smallest absolute Gasteiger partial charge is 0.264 e. The molecule has 21 heavy (non-hydrogen) atoms. The van der Waals surface area contributed by atoms with Crippen LogP contribution in [-0.4, -0.2) is 52.9 Å². The van der Waals surface area contributed by atoms with E-state index in [9.17, 15) is 16.8 Å². The summed E-state index contributed by atoms with van der Waals surface area (Å²) in [6.45, 7) is 1.65. The fraction of sp³-hybridized carbons (Fsp3) is 0.417. The largest absolute Gasteiger partial charge is 0.274 e. The number of aliphatic imine (C=N–C) groups is 1. The normalized spacial score (nSPS) is 17.0. The van der Waals surface area contributed by atoms with Gasteiger partial charge in [0.15, 0.2) is 0 Å². The molecule has 1 heterocycles. The second-order valence-corrected chi connectivity index (χ2v) is 8.34. The van der Waals surface area contributed by atoms with Crippen molar-refractivity contribution in [2.45, 2.75) is 11.8 Å². The molecule has 2 rings (SSSR count). The van der Waals surface area contributed by atoms with E-state index in [2.05, 4.69) is 9.18 Å². The molecule has 7 nitrogen and oxygen atoms in total. The summed E-state index contributed by atoms with van der Waals surface area (Å²) < 4.78 is 52.4. The average molecular weight is 332 g/mol. The molecule has 116 valence electrons. The van der Waals surface area contributed by atoms with Gasteiger partial charge < -0.3 is 0 Å². The highest BCUT2D eigenvalue weighted by atomic mass is 32.2. The van der Waals surface area contributed by atoms with Gasteiger partial charge in [0.25, 0.3) is 10.1 Å². The minimum Gasteiger partial charge on any atom is -0.274 e. The monoisotopic (exact) mass is 332 g/mol. The van der Waals surface area contributed by atoms with E-state index in [-0.39, 0.29) is 24.7 Å². The second-order valence-electron chi connectivity index (χ2n) is 4.76. The lowest BCUT2D eigenvalue weighted by molar-refractivity contribution is 0.371. The van der Waals surface area contributed by atoms with Gasteiger partial charge >= 0.3 is 0 Å². The Morgan fingerprint density at radius 3 is 2.38 bits per heavy atom. The number of hydrogen-bond acceptors (Lipinski definition) is 6. The highest BCUT2D eigenvalue weighted by Gasteiger charge is 2.29. The maximum Gasteiger partial charge on any atom is 0.264 e. The van der Waals surface area contributed by atoms with Crippen LogP contribution in [0.25, 0.3) is 0 Å². The zero-order chi connectivity index (χ0) is 15.7. The topological polar surface area (TPSA) is 93.1 Å². The van der Waals surface area contributed by atoms with Crippen LogP contribution in [0.5, 0.6) is 0 Å². The number of benzene rings is 1. The standard InChI is InChI=1S/C12H16N2O5S2/c1-10-3-5-12(6-4-10)21(17,18)14-7-11(13-9-14)8-19-20(2,15)16/h3-6H,7-9H2,1-2H3. The molecule has 9 heteroatoms. The van der Waals surface area contributed by atoms with Crippen LogP contribution in [0.1, 0.15) is 5.56 Å². The zero-order valence-corrected chi connectivity index (χ0v) is 13.3. The van der Waals surface area contributed by atoms with Crippen molar-refractivity contribution in [1.82, 2.24) is 4.31 Å². The van der Waals surface area contributed by atoms with Crippen LogP contribution >= 0.6 is 0 Å². The molecular formula is C12H16N2O5S2. The lowest BCUT2D eigenvalue weighted by atomic mass is 10.2. The third-order valence-electron chi connectivity index (χ3n) is 2.91. The number of sulfonamides is 1. The summed E-state index contributed by atoms with van der Waals surface area (Å²) in [6, 6.07) is 6.51. The third kappa shape index (κ3) is 4.10. The van der Waals surface area contributed by atoms with Crippen LogP contribution in [0, 0.1) is 6.92 Å². The van der Waals surface area contributed by atoms with Gasteiger partial charge in [0.05, 0.1) is 23.4 Å². The van der Waals surface area contributed by atoms with E-state index in [1.807, 2.05) is 6.92 Å². The van der Waals surface area contributed by atoms with Crippen molar-refractivity contribution >= 4 is 25.9 Å². The number of hydrogen-bond donors (Lipinski definition) is 0. The Morgan fingerprint density at radius 2 is 1.81 bits per heavy atom. The maximum absolute atomic E-state index is 12.4. The summed E-state index contributed by atoms with van der Waals surface area (Å²) in [4.78, 5) is 4.19. The van der Waals surface area contributed by atoms with Gasteiger partial charge in [0.1, 0.15) is 13.3 Å². The Morgan fingerprint density at radius 1 is 1.19 bits per heavy atom. The van der Waals surface area contributed by atoms with E-state index in [0.717, 1.165) is 11.8 Å². The summed E-state index contributed by atoms with van der Waals surface area (Å²) in [6.07, 6.45) is 0.934. The van der Waals surface area contributed by atoms with Crippen molar-refractivity contribution in [3.63, 3.8) is 0 Å². The van der Waals surface area contributed by atoms with Gasteiger partial charge in [-0.05, 0) is 19.1 Å². The Kier molecular flexibility index (Phi) is 4.47. The van der Waals surface area contributed by atoms with Crippen LogP contribution < -0.4 is 0 Å². The first kappa shape index (κ1) is 16.1. The molecule has 0 bridgehead atoms. The molecule has 1 aliphatic rings. The van der Waals surface area contributed by atoms with Crippen LogP contribution in [-0.2, 0) is 24.3 Å². The molecule has 1 aliphatic heterocycles. The van der Waals surface area contributed by atoms with Crippen molar-refractivity contribution in [3.8, 4) is 0 Å². The van der Waals surface area contributed by atoms with Crippen LogP contribution in [0.4, 0.5) is 0 Å². The van der Waals surface area contributed by atoms with E-state index in [1.54, 1.807) is 12.1 Å². The number of aryl methyl sites for hydroxylation is 1. The van der Waals surface area contributed by atoms with Crippen molar-refractivity contribution in [3.05, 3.63) is 29.8 Å². The van der Waals surface area contributed by atoms with Crippen LogP contribution in [0.3, 0.4) is 0 Å². The molecule has 0 spiro atoms. The molecule has 1 aromatic carbocycles. The third-order valence-corrected chi connectivity index (χ3v) is 5.25. The van der Waals surface area contributed by atoms with Gasteiger partial charge in [-0.1, -0.05) is 17.7 Å². The van der Waals surface area contributed by atoms with Gasteiger partial charge in [-0.15, -0.1) is 0 Å². The van der Waals surface area contributed by atoms with E-state index in [4.69, 9.17) is 0 Å². The Balaban J connectivity index is 2.06. The molecule has 0 aliphatic carbocycles. The molecule has 0 atom stereocenters. The van der Waals surface area contributed by atoms with E-state index in [1.165, 1.54) is 16.4 Å². The van der Waals surface area contributed by atoms with Crippen molar-refractivity contribution in [2.24, 2.45) is 4.99 Å². The van der Waals surface area contributed by atoms with E-state index >= 15 is 0 Å². The minimum atomic E-state index is -3.63. The van der Waals surface area contributed by atoms with Gasteiger partial charge in [0, 0.05) is 0 Å². The highest BCUT2D eigenvalue weighted by Crippen LogP contribution is 2.18. The molecule has 0 N–H and O–H groups in total. The second kappa shape index (κ2) is 5.84. The zero-order valence-electron chi connectivity index (χ0n) is 11.7. The van der Waals surface area contributed by atoms with Crippen LogP contribution in [0.2, 0.25) is 0 Å². The molecular weight excluding hydrogens is 316 g/mol. The Labute approximate surface area is 124 Å². The molecule has 0 aromatic heterocycles. The summed E-state index contributed by atoms with van der Waals surface area (Å²) in [5, 5.41) is 0. The number of nitrogens with zero attached hydrogens (tertiary/aromatic N) is 2. The predicted molar refractivity (Wildman–Crippen MR) is 78.2 cm³/mol. The quantitative estimate of drug-likeness (QED) is 0.727. The molecule has 0 fully saturated rings. The lowest BCUT2D eigenvalue weighted by Gasteiger charge is -2.15. The number of rotatable bonds is 5. The van der Waals surface area contributed by atoms with Gasteiger partial charge in [-0.25, -0.2) is 8.42 Å². The molecule has 0 saturated carbocycles. The SMILES string of the molecule is Cc1ccc(S(=O)(=O)N2CN=C(COS(C)(=O)=O)C2)cc1. The van der Waals surface area contributed by atoms with Gasteiger partial charge in [-0.2, -0.15) is 12.7 Å². The first-order valence-corrected chi connectivity index (χ1v) is 9.37.